The van der Waals surface area contributed by atoms with Crippen LogP contribution in [0.1, 0.15) is 34.3 Å². The molecule has 168 valence electrons. The highest BCUT2D eigenvalue weighted by molar-refractivity contribution is 8.38. The highest BCUT2D eigenvalue weighted by Gasteiger charge is 2.33. The number of hydrogen-bond donors (Lipinski definition) is 0. The Kier molecular flexibility index (Phi) is 7.76. The number of carbonyl (C=O) groups is 2. The van der Waals surface area contributed by atoms with Crippen LogP contribution in [-0.2, 0) is 21.8 Å². The second-order valence-electron chi connectivity index (χ2n) is 7.62. The number of hydrogen-bond acceptors (Lipinski definition) is 7. The number of ether oxygens (including phenoxy) is 2. The summed E-state index contributed by atoms with van der Waals surface area (Å²) in [6.45, 7) is 1.10. The summed E-state index contributed by atoms with van der Waals surface area (Å²) in [4.78, 5) is 31.9. The number of esters is 1. The van der Waals surface area contributed by atoms with Gasteiger partial charge in [0, 0.05) is 24.1 Å². The van der Waals surface area contributed by atoms with Crippen molar-refractivity contribution in [1.29, 1.82) is 0 Å². The minimum atomic E-state index is -0.462. The zero-order valence-electron chi connectivity index (χ0n) is 18.0. The molecular weight excluding hydrogens is 444 g/mol. The molecule has 1 aliphatic heterocycles. The third kappa shape index (κ3) is 6.07. The monoisotopic (exact) mass is 470 g/mol. The van der Waals surface area contributed by atoms with Crippen molar-refractivity contribution in [3.05, 3.63) is 65.2 Å². The van der Waals surface area contributed by atoms with Crippen molar-refractivity contribution < 1.29 is 19.1 Å². The third-order valence-corrected chi connectivity index (χ3v) is 7.59. The number of nitrogens with zero attached hydrogens (tertiary/aromatic N) is 2. The first-order valence-electron chi connectivity index (χ1n) is 10.6. The normalized spacial score (nSPS) is 15.2. The minimum absolute atomic E-state index is 0.166. The molecule has 32 heavy (non-hydrogen) atoms. The predicted octanol–water partition coefficient (Wildman–Crippen LogP) is 4.38. The summed E-state index contributed by atoms with van der Waals surface area (Å²) >= 11 is 3.38. The molecule has 0 atom stereocenters. The fourth-order valence-corrected chi connectivity index (χ4v) is 5.42. The minimum Gasteiger partial charge on any atom is -0.497 e. The second-order valence-corrected chi connectivity index (χ2v) is 9.93. The van der Waals surface area contributed by atoms with Crippen LogP contribution in [-0.4, -0.2) is 53.2 Å². The Morgan fingerprint density at radius 1 is 1.16 bits per heavy atom. The lowest BCUT2D eigenvalue weighted by Crippen LogP contribution is -2.36. The molecular formula is C24H26N2O4S2. The molecule has 0 aromatic heterocycles. The van der Waals surface area contributed by atoms with Crippen LogP contribution < -0.4 is 4.74 Å². The van der Waals surface area contributed by atoms with Gasteiger partial charge in [0.1, 0.15) is 10.1 Å². The van der Waals surface area contributed by atoms with Gasteiger partial charge in [-0.3, -0.25) is 9.79 Å². The maximum atomic E-state index is 12.9. The molecule has 2 aromatic rings. The number of methoxy groups -OCH3 is 1. The van der Waals surface area contributed by atoms with E-state index < -0.39 is 5.97 Å². The topological polar surface area (TPSA) is 68.2 Å². The van der Waals surface area contributed by atoms with Gasteiger partial charge >= 0.3 is 5.97 Å². The number of aliphatic imine (C=N–C) groups is 1. The van der Waals surface area contributed by atoms with Crippen molar-refractivity contribution >= 4 is 39.8 Å². The van der Waals surface area contributed by atoms with Gasteiger partial charge in [-0.05, 0) is 42.2 Å². The Bertz CT molecular complexity index is 990. The van der Waals surface area contributed by atoms with Crippen LogP contribution in [0.5, 0.6) is 5.75 Å². The zero-order chi connectivity index (χ0) is 22.3. The van der Waals surface area contributed by atoms with Crippen LogP contribution >= 0.6 is 23.5 Å². The second kappa shape index (κ2) is 10.9. The van der Waals surface area contributed by atoms with E-state index in [0.29, 0.717) is 17.9 Å². The molecule has 0 unspecified atom stereocenters. The molecule has 2 aliphatic rings. The van der Waals surface area contributed by atoms with Crippen LogP contribution in [0.4, 0.5) is 0 Å². The molecule has 1 amide bonds. The van der Waals surface area contributed by atoms with Crippen LogP contribution in [0.3, 0.4) is 0 Å². The lowest BCUT2D eigenvalue weighted by Gasteiger charge is -2.22. The third-order valence-electron chi connectivity index (χ3n) is 5.29. The van der Waals surface area contributed by atoms with E-state index in [9.17, 15) is 9.59 Å². The fraction of sp³-hybridized carbons (Fsp3) is 0.375. The van der Waals surface area contributed by atoms with E-state index in [2.05, 4.69) is 4.99 Å². The van der Waals surface area contributed by atoms with E-state index in [0.717, 1.165) is 46.4 Å². The Morgan fingerprint density at radius 2 is 1.94 bits per heavy atom. The Hall–Kier alpha value is -2.45. The summed E-state index contributed by atoms with van der Waals surface area (Å²) in [6, 6.07) is 15.3. The van der Waals surface area contributed by atoms with Gasteiger partial charge < -0.3 is 14.4 Å². The largest absolute Gasteiger partial charge is 0.497 e. The average Bonchev–Trinajstić information content (AvgIpc) is 3.54. The quantitative estimate of drug-likeness (QED) is 0.507. The summed E-state index contributed by atoms with van der Waals surface area (Å²) in [5.41, 5.74) is 2.42. The number of rotatable bonds is 9. The van der Waals surface area contributed by atoms with E-state index >= 15 is 0 Å². The van der Waals surface area contributed by atoms with Crippen LogP contribution in [0.15, 0.2) is 53.5 Å². The van der Waals surface area contributed by atoms with E-state index in [4.69, 9.17) is 9.47 Å². The molecule has 1 saturated carbocycles. The zero-order valence-corrected chi connectivity index (χ0v) is 19.6. The highest BCUT2D eigenvalue weighted by Crippen LogP contribution is 2.29. The van der Waals surface area contributed by atoms with Crippen LogP contribution in [0.2, 0.25) is 0 Å². The van der Waals surface area contributed by atoms with Gasteiger partial charge in [-0.2, -0.15) is 0 Å². The summed E-state index contributed by atoms with van der Waals surface area (Å²) in [5.74, 6) is 1.82. The van der Waals surface area contributed by atoms with E-state index in [1.165, 1.54) is 0 Å². The number of thioether (sulfide) groups is 2. The standard InChI is InChI=1S/C24H26N2O4S2/c1-29-20-10-6-17(7-11-20)14-26(19-8-9-19)22(27)15-30-23(28)21-5-3-2-4-18(21)16-32-24-25-12-13-31-24/h2-7,10-11,19H,8-9,12-16H2,1H3. The fourth-order valence-electron chi connectivity index (χ4n) is 3.41. The van der Waals surface area contributed by atoms with Crippen molar-refractivity contribution in [3.63, 3.8) is 0 Å². The smallest absolute Gasteiger partial charge is 0.338 e. The van der Waals surface area contributed by atoms with Gasteiger partial charge in [0.05, 0.1) is 19.2 Å². The lowest BCUT2D eigenvalue weighted by atomic mass is 10.1. The molecule has 0 N–H and O–H groups in total. The molecule has 4 rings (SSSR count). The van der Waals surface area contributed by atoms with Crippen LogP contribution in [0, 0.1) is 0 Å². The average molecular weight is 471 g/mol. The Morgan fingerprint density at radius 3 is 2.62 bits per heavy atom. The lowest BCUT2D eigenvalue weighted by molar-refractivity contribution is -0.135. The Labute approximate surface area is 196 Å². The summed E-state index contributed by atoms with van der Waals surface area (Å²) in [7, 11) is 1.63. The predicted molar refractivity (Wildman–Crippen MR) is 129 cm³/mol. The van der Waals surface area contributed by atoms with Crippen molar-refractivity contribution in [3.8, 4) is 5.75 Å². The first kappa shape index (κ1) is 22.7. The first-order chi connectivity index (χ1) is 15.6. The van der Waals surface area contributed by atoms with Gasteiger partial charge in [-0.15, -0.1) is 0 Å². The molecule has 0 saturated heterocycles. The summed E-state index contributed by atoms with van der Waals surface area (Å²) in [6.07, 6.45) is 1.97. The van der Waals surface area contributed by atoms with E-state index in [1.54, 1.807) is 36.7 Å². The SMILES string of the molecule is COc1ccc(CN(C(=O)COC(=O)c2ccccc2CSC2=NCCS2)C2CC2)cc1. The molecule has 2 aromatic carbocycles. The van der Waals surface area contributed by atoms with Crippen molar-refractivity contribution in [2.75, 3.05) is 26.0 Å². The van der Waals surface area contributed by atoms with Gasteiger partial charge in [0.2, 0.25) is 0 Å². The highest BCUT2D eigenvalue weighted by atomic mass is 32.2. The number of amides is 1. The molecule has 1 aliphatic carbocycles. The Balaban J connectivity index is 1.34. The molecule has 1 fully saturated rings. The van der Waals surface area contributed by atoms with Gasteiger partial charge in [-0.25, -0.2) is 4.79 Å². The van der Waals surface area contributed by atoms with Gasteiger partial charge in [0.15, 0.2) is 6.61 Å². The maximum Gasteiger partial charge on any atom is 0.338 e. The molecule has 0 spiro atoms. The molecule has 8 heteroatoms. The van der Waals surface area contributed by atoms with Crippen LogP contribution in [0.25, 0.3) is 0 Å². The summed E-state index contributed by atoms with van der Waals surface area (Å²) < 4.78 is 11.7. The molecule has 0 bridgehead atoms. The van der Waals surface area contributed by atoms with Gasteiger partial charge in [-0.1, -0.05) is 53.9 Å². The number of carbonyl (C=O) groups excluding carboxylic acids is 2. The molecule has 6 nitrogen and oxygen atoms in total. The van der Waals surface area contributed by atoms with Crippen molar-refractivity contribution in [2.45, 2.75) is 31.2 Å². The number of benzene rings is 2. The van der Waals surface area contributed by atoms with E-state index in [1.807, 2.05) is 47.4 Å². The summed E-state index contributed by atoms with van der Waals surface area (Å²) in [5, 5.41) is 0. The van der Waals surface area contributed by atoms with Crippen molar-refractivity contribution in [1.82, 2.24) is 4.90 Å². The first-order valence-corrected chi connectivity index (χ1v) is 12.6. The molecule has 1 heterocycles. The van der Waals surface area contributed by atoms with Gasteiger partial charge in [0.25, 0.3) is 5.91 Å². The molecule has 0 radical (unpaired) electrons. The maximum absolute atomic E-state index is 12.9. The van der Waals surface area contributed by atoms with Crippen molar-refractivity contribution in [2.24, 2.45) is 4.99 Å². The van der Waals surface area contributed by atoms with E-state index in [-0.39, 0.29) is 18.6 Å².